The molecule has 1 heterocycles. The molecule has 0 unspecified atom stereocenters. The maximum atomic E-state index is 12.5. The fourth-order valence-electron chi connectivity index (χ4n) is 2.33. The number of hydrogen-bond donors (Lipinski definition) is 2. The predicted octanol–water partition coefficient (Wildman–Crippen LogP) is 2.14. The lowest BCUT2D eigenvalue weighted by Gasteiger charge is -2.18. The zero-order chi connectivity index (χ0) is 15.0. The average molecular weight is 282 g/mol. The van der Waals surface area contributed by atoms with Crippen LogP contribution >= 0.6 is 0 Å². The second-order valence-corrected chi connectivity index (χ2v) is 5.01. The Bertz CT molecular complexity index is 733. The monoisotopic (exact) mass is 282 g/mol. The number of benzene rings is 2. The van der Waals surface area contributed by atoms with Crippen molar-refractivity contribution in [3.63, 3.8) is 0 Å². The summed E-state index contributed by atoms with van der Waals surface area (Å²) in [4.78, 5) is 23.8. The van der Waals surface area contributed by atoms with Gasteiger partial charge < -0.3 is 15.8 Å². The molecule has 3 rings (SSSR count). The Morgan fingerprint density at radius 3 is 2.76 bits per heavy atom. The molecule has 3 N–H and O–H groups in total. The first-order chi connectivity index (χ1) is 10.0. The molecular weight excluding hydrogens is 268 g/mol. The van der Waals surface area contributed by atoms with Crippen molar-refractivity contribution in [2.45, 2.75) is 6.92 Å². The number of rotatable bonds is 2. The molecule has 2 aromatic rings. The number of ketones is 1. The van der Waals surface area contributed by atoms with Crippen molar-refractivity contribution in [2.75, 3.05) is 17.7 Å². The molecule has 0 bridgehead atoms. The molecule has 0 radical (unpaired) electrons. The van der Waals surface area contributed by atoms with Gasteiger partial charge in [0.1, 0.15) is 5.75 Å². The normalized spacial score (nSPS) is 13.1. The third-order valence-electron chi connectivity index (χ3n) is 3.24. The van der Waals surface area contributed by atoms with Crippen LogP contribution in [-0.4, -0.2) is 18.3 Å². The second-order valence-electron chi connectivity index (χ2n) is 5.01. The molecule has 5 heteroatoms. The van der Waals surface area contributed by atoms with Crippen molar-refractivity contribution < 1.29 is 14.3 Å². The van der Waals surface area contributed by atoms with E-state index in [0.29, 0.717) is 28.3 Å². The lowest BCUT2D eigenvalue weighted by Crippen LogP contribution is -2.25. The van der Waals surface area contributed by atoms with E-state index in [-0.39, 0.29) is 18.3 Å². The van der Waals surface area contributed by atoms with Gasteiger partial charge in [0.15, 0.2) is 12.4 Å². The summed E-state index contributed by atoms with van der Waals surface area (Å²) in [6.45, 7) is 1.88. The van der Waals surface area contributed by atoms with Crippen LogP contribution in [0.3, 0.4) is 0 Å². The molecule has 0 fully saturated rings. The zero-order valence-electron chi connectivity index (χ0n) is 11.5. The van der Waals surface area contributed by atoms with Gasteiger partial charge >= 0.3 is 0 Å². The third-order valence-corrected chi connectivity index (χ3v) is 3.24. The van der Waals surface area contributed by atoms with Gasteiger partial charge in [-0.3, -0.25) is 9.59 Å². The van der Waals surface area contributed by atoms with Crippen LogP contribution in [0, 0.1) is 6.92 Å². The molecule has 0 saturated carbocycles. The number of fused-ring (bicyclic) bond motifs is 1. The maximum absolute atomic E-state index is 12.5. The van der Waals surface area contributed by atoms with E-state index in [9.17, 15) is 9.59 Å². The summed E-state index contributed by atoms with van der Waals surface area (Å²) in [5.41, 5.74) is 8.76. The smallest absolute Gasteiger partial charge is 0.262 e. The van der Waals surface area contributed by atoms with Crippen LogP contribution in [0.15, 0.2) is 36.4 Å². The molecule has 1 aliphatic rings. The largest absolute Gasteiger partial charge is 0.482 e. The molecule has 0 aliphatic carbocycles. The SMILES string of the molecule is Cc1cc(N)cc(C(=O)c2ccc3c(c2)NC(=O)CO3)c1. The number of anilines is 2. The molecule has 21 heavy (non-hydrogen) atoms. The van der Waals surface area contributed by atoms with E-state index in [0.717, 1.165) is 5.56 Å². The molecule has 1 amide bonds. The zero-order valence-corrected chi connectivity index (χ0v) is 11.5. The number of carbonyl (C=O) groups is 2. The van der Waals surface area contributed by atoms with E-state index < -0.39 is 0 Å². The molecule has 0 atom stereocenters. The number of nitrogen functional groups attached to an aromatic ring is 1. The van der Waals surface area contributed by atoms with Crippen LogP contribution < -0.4 is 15.8 Å². The van der Waals surface area contributed by atoms with E-state index in [1.54, 1.807) is 36.4 Å². The van der Waals surface area contributed by atoms with Crippen LogP contribution in [0.5, 0.6) is 5.75 Å². The summed E-state index contributed by atoms with van der Waals surface area (Å²) in [5, 5.41) is 2.69. The number of nitrogens with one attached hydrogen (secondary N) is 1. The van der Waals surface area contributed by atoms with Gasteiger partial charge in [-0.2, -0.15) is 0 Å². The minimum atomic E-state index is -0.230. The Hall–Kier alpha value is -2.82. The first-order valence-corrected chi connectivity index (χ1v) is 6.51. The quantitative estimate of drug-likeness (QED) is 0.653. The highest BCUT2D eigenvalue weighted by molar-refractivity contribution is 6.10. The highest BCUT2D eigenvalue weighted by Crippen LogP contribution is 2.29. The molecule has 0 aromatic heterocycles. The number of amides is 1. The Morgan fingerprint density at radius 1 is 1.19 bits per heavy atom. The number of hydrogen-bond acceptors (Lipinski definition) is 4. The van der Waals surface area contributed by atoms with Gasteiger partial charge in [0.2, 0.25) is 0 Å². The standard InChI is InChI=1S/C16H14N2O3/c1-9-4-11(6-12(17)5-9)16(20)10-2-3-14-13(7-10)18-15(19)8-21-14/h2-7H,8,17H2,1H3,(H,18,19). The lowest BCUT2D eigenvalue weighted by atomic mass is 10.00. The van der Waals surface area contributed by atoms with E-state index in [4.69, 9.17) is 10.5 Å². The number of aryl methyl sites for hydroxylation is 1. The molecule has 106 valence electrons. The second kappa shape index (κ2) is 4.94. The predicted molar refractivity (Wildman–Crippen MR) is 79.6 cm³/mol. The van der Waals surface area contributed by atoms with Crippen LogP contribution in [0.1, 0.15) is 21.5 Å². The van der Waals surface area contributed by atoms with Gasteiger partial charge in [-0.15, -0.1) is 0 Å². The summed E-state index contributed by atoms with van der Waals surface area (Å²) < 4.78 is 5.27. The topological polar surface area (TPSA) is 81.4 Å². The van der Waals surface area contributed by atoms with Gasteiger partial charge in [-0.1, -0.05) is 0 Å². The number of nitrogens with two attached hydrogens (primary N) is 1. The van der Waals surface area contributed by atoms with Gasteiger partial charge in [0, 0.05) is 16.8 Å². The van der Waals surface area contributed by atoms with E-state index in [1.807, 2.05) is 6.92 Å². The van der Waals surface area contributed by atoms with Crippen molar-refractivity contribution in [2.24, 2.45) is 0 Å². The fraction of sp³-hybridized carbons (Fsp3) is 0.125. The molecular formula is C16H14N2O3. The first-order valence-electron chi connectivity index (χ1n) is 6.51. The Kier molecular flexibility index (Phi) is 3.10. The summed E-state index contributed by atoms with van der Waals surface area (Å²) in [6.07, 6.45) is 0. The number of carbonyl (C=O) groups excluding carboxylic acids is 2. The van der Waals surface area contributed by atoms with Crippen LogP contribution in [0.25, 0.3) is 0 Å². The molecule has 5 nitrogen and oxygen atoms in total. The van der Waals surface area contributed by atoms with Crippen LogP contribution in [0.4, 0.5) is 11.4 Å². The van der Waals surface area contributed by atoms with Gasteiger partial charge in [0.05, 0.1) is 5.69 Å². The van der Waals surface area contributed by atoms with E-state index >= 15 is 0 Å². The van der Waals surface area contributed by atoms with Crippen molar-refractivity contribution in [3.8, 4) is 5.75 Å². The summed E-state index contributed by atoms with van der Waals surface area (Å²) in [5.74, 6) is 0.190. The van der Waals surface area contributed by atoms with Crippen LogP contribution in [0.2, 0.25) is 0 Å². The minimum Gasteiger partial charge on any atom is -0.482 e. The fourth-order valence-corrected chi connectivity index (χ4v) is 2.33. The van der Waals surface area contributed by atoms with E-state index in [2.05, 4.69) is 5.32 Å². The third kappa shape index (κ3) is 2.58. The first kappa shape index (κ1) is 13.2. The van der Waals surface area contributed by atoms with Gasteiger partial charge in [-0.25, -0.2) is 0 Å². The maximum Gasteiger partial charge on any atom is 0.262 e. The minimum absolute atomic E-state index is 0.00525. The van der Waals surface area contributed by atoms with E-state index in [1.165, 1.54) is 0 Å². The summed E-state index contributed by atoms with van der Waals surface area (Å²) in [7, 11) is 0. The number of ether oxygens (including phenoxy) is 1. The van der Waals surface area contributed by atoms with Crippen molar-refractivity contribution in [1.82, 2.24) is 0 Å². The van der Waals surface area contributed by atoms with Crippen molar-refractivity contribution >= 4 is 23.1 Å². The van der Waals surface area contributed by atoms with Crippen LogP contribution in [-0.2, 0) is 4.79 Å². The lowest BCUT2D eigenvalue weighted by molar-refractivity contribution is -0.118. The van der Waals surface area contributed by atoms with Crippen molar-refractivity contribution in [3.05, 3.63) is 53.1 Å². The Morgan fingerprint density at radius 2 is 2.00 bits per heavy atom. The molecule has 1 aliphatic heterocycles. The summed E-state index contributed by atoms with van der Waals surface area (Å²) in [6, 6.07) is 10.2. The van der Waals surface area contributed by atoms with Crippen molar-refractivity contribution in [1.29, 1.82) is 0 Å². The Balaban J connectivity index is 1.98. The Labute approximate surface area is 121 Å². The average Bonchev–Trinajstić information content (AvgIpc) is 2.44. The molecule has 0 saturated heterocycles. The highest BCUT2D eigenvalue weighted by atomic mass is 16.5. The molecule has 2 aromatic carbocycles. The van der Waals surface area contributed by atoms with Gasteiger partial charge in [-0.05, 0) is 48.9 Å². The molecule has 0 spiro atoms. The van der Waals surface area contributed by atoms with Gasteiger partial charge in [0.25, 0.3) is 5.91 Å². The highest BCUT2D eigenvalue weighted by Gasteiger charge is 2.18. The summed E-state index contributed by atoms with van der Waals surface area (Å²) >= 11 is 0.